The minimum Gasteiger partial charge on any atom is -0.495 e. The molecule has 1 saturated heterocycles. The van der Waals surface area contributed by atoms with Crippen molar-refractivity contribution in [3.8, 4) is 32.4 Å². The van der Waals surface area contributed by atoms with E-state index < -0.39 is 31.7 Å². The summed E-state index contributed by atoms with van der Waals surface area (Å²) in [5.41, 5.74) is 3.74. The van der Waals surface area contributed by atoms with Gasteiger partial charge in [-0.25, -0.2) is 35.6 Å². The Morgan fingerprint density at radius 3 is 1.61 bits per heavy atom. The van der Waals surface area contributed by atoms with Gasteiger partial charge in [-0.05, 0) is 157 Å². The predicted molar refractivity (Wildman–Crippen MR) is 282 cm³/mol. The van der Waals surface area contributed by atoms with Gasteiger partial charge in [0.15, 0.2) is 10.3 Å². The standard InChI is InChI=1S/C27H34FN3O3S2.C25H30FN3O4S2/c1-17-10-9-13-21(28)24(17)31-36(32,33)23-16-19(14-15-22(23)34-5)25-18(2)29-26(35-25)30-27(3,4)20-11-7-6-8-12-20;1-15-6-5-7-20(26)23(15)29-35(30,31)22-14-19(8-9-21(22)32-4)24-17(3)28-25(34-24)27-16(2)18-10-12-33-13-11-18/h9-10,13-16,20,31H,6-8,11-12H2,1-5H3,(H,29,30);5-9,14,16,18,29H,10-13H2,1-4H3,(H,27,28). The second kappa shape index (κ2) is 22.6. The molecule has 6 aromatic rings. The summed E-state index contributed by atoms with van der Waals surface area (Å²) in [5.74, 6) is 0.175. The summed E-state index contributed by atoms with van der Waals surface area (Å²) in [6.07, 6.45) is 8.29. The summed E-state index contributed by atoms with van der Waals surface area (Å²) in [6, 6.07) is 19.0. The molecule has 0 spiro atoms. The van der Waals surface area contributed by atoms with Crippen molar-refractivity contribution >= 4 is 64.4 Å². The van der Waals surface area contributed by atoms with Crippen molar-refractivity contribution in [3.63, 3.8) is 0 Å². The molecule has 8 rings (SSSR count). The lowest BCUT2D eigenvalue weighted by Crippen LogP contribution is -2.40. The average Bonchev–Trinajstić information content (AvgIpc) is 3.91. The number of methoxy groups -OCH3 is 2. The second-order valence-electron chi connectivity index (χ2n) is 18.7. The maximum atomic E-state index is 14.4. The summed E-state index contributed by atoms with van der Waals surface area (Å²) < 4.78 is 103. The molecule has 13 nitrogen and oxygen atoms in total. The van der Waals surface area contributed by atoms with Crippen LogP contribution in [0.5, 0.6) is 11.5 Å². The number of nitrogens with one attached hydrogen (secondary N) is 4. The van der Waals surface area contributed by atoms with Crippen LogP contribution in [0.4, 0.5) is 30.4 Å². The van der Waals surface area contributed by atoms with Crippen molar-refractivity contribution in [1.29, 1.82) is 0 Å². The molecule has 1 unspecified atom stereocenters. The van der Waals surface area contributed by atoms with Crippen LogP contribution in [0.15, 0.2) is 82.6 Å². The van der Waals surface area contributed by atoms with Crippen LogP contribution in [0.2, 0.25) is 0 Å². The van der Waals surface area contributed by atoms with Gasteiger partial charge in [0, 0.05) is 24.8 Å². The lowest BCUT2D eigenvalue weighted by atomic mass is 9.77. The molecule has 0 amide bonds. The highest BCUT2D eigenvalue weighted by Crippen LogP contribution is 2.42. The van der Waals surface area contributed by atoms with Crippen molar-refractivity contribution in [3.05, 3.63) is 107 Å². The number of hydrogen-bond donors (Lipinski definition) is 4. The summed E-state index contributed by atoms with van der Waals surface area (Å²) in [4.78, 5) is 11.0. The van der Waals surface area contributed by atoms with E-state index in [0.29, 0.717) is 34.1 Å². The number of aromatic nitrogens is 2. The number of benzene rings is 4. The number of sulfonamides is 2. The Hall–Kier alpha value is -5.34. The zero-order chi connectivity index (χ0) is 51.3. The van der Waals surface area contributed by atoms with Crippen LogP contribution in [-0.4, -0.2) is 65.8 Å². The number of nitrogens with zero attached hydrogens (tertiary/aromatic N) is 2. The van der Waals surface area contributed by atoms with Gasteiger partial charge in [-0.3, -0.25) is 9.44 Å². The first kappa shape index (κ1) is 53.5. The van der Waals surface area contributed by atoms with E-state index in [0.717, 1.165) is 57.5 Å². The smallest absolute Gasteiger partial charge is 0.265 e. The third kappa shape index (κ3) is 12.7. The van der Waals surface area contributed by atoms with Crippen LogP contribution < -0.4 is 29.6 Å². The maximum absolute atomic E-state index is 14.4. The molecule has 1 aliphatic carbocycles. The van der Waals surface area contributed by atoms with Crippen molar-refractivity contribution in [2.24, 2.45) is 11.8 Å². The van der Waals surface area contributed by atoms with Crippen molar-refractivity contribution in [2.75, 3.05) is 47.5 Å². The Kier molecular flexibility index (Phi) is 17.0. The topological polar surface area (TPSA) is 170 Å². The molecule has 0 bridgehead atoms. The average molecular weight is 1050 g/mol. The SMILES string of the molecule is COc1ccc(-c2sc(NC(C)(C)C3CCCCC3)nc2C)cc1S(=O)(=O)Nc1c(C)cccc1F.COc1ccc(-c2sc(NC(C)C3CCOCC3)nc2C)cc1S(=O)(=O)Nc1c(C)cccc1F. The number of para-hydroxylation sites is 2. The van der Waals surface area contributed by atoms with E-state index in [1.165, 1.54) is 93.3 Å². The summed E-state index contributed by atoms with van der Waals surface area (Å²) in [6.45, 7) is 15.3. The van der Waals surface area contributed by atoms with Crippen molar-refractivity contribution in [2.45, 2.75) is 115 Å². The molecular weight excluding hydrogens is 987 g/mol. The molecule has 2 aliphatic rings. The molecule has 2 aromatic heterocycles. The van der Waals surface area contributed by atoms with E-state index in [4.69, 9.17) is 19.2 Å². The minimum atomic E-state index is -4.13. The quantitative estimate of drug-likeness (QED) is 0.0727. The number of rotatable bonds is 16. The van der Waals surface area contributed by atoms with Crippen LogP contribution in [0.1, 0.15) is 88.2 Å². The maximum Gasteiger partial charge on any atom is 0.265 e. The first-order chi connectivity index (χ1) is 33.7. The Bertz CT molecular complexity index is 3020. The number of halogens is 2. The molecule has 1 aliphatic heterocycles. The van der Waals surface area contributed by atoms with Gasteiger partial charge in [-0.15, -0.1) is 0 Å². The number of hydrogen-bond acceptors (Lipinski definition) is 13. The summed E-state index contributed by atoms with van der Waals surface area (Å²) in [7, 11) is -5.44. The van der Waals surface area contributed by atoms with Crippen LogP contribution >= 0.6 is 22.7 Å². The van der Waals surface area contributed by atoms with E-state index in [-0.39, 0.29) is 44.2 Å². The Morgan fingerprint density at radius 1 is 0.676 bits per heavy atom. The van der Waals surface area contributed by atoms with Gasteiger partial charge in [0.1, 0.15) is 32.9 Å². The highest BCUT2D eigenvalue weighted by molar-refractivity contribution is 7.93. The molecule has 4 aromatic carbocycles. The molecule has 19 heteroatoms. The molecule has 1 saturated carbocycles. The first-order valence-electron chi connectivity index (χ1n) is 23.7. The fourth-order valence-corrected chi connectivity index (χ4v) is 14.0. The molecule has 71 heavy (non-hydrogen) atoms. The van der Waals surface area contributed by atoms with Gasteiger partial charge in [0.2, 0.25) is 0 Å². The van der Waals surface area contributed by atoms with Gasteiger partial charge in [0.25, 0.3) is 20.0 Å². The summed E-state index contributed by atoms with van der Waals surface area (Å²) in [5, 5.41) is 8.76. The first-order valence-corrected chi connectivity index (χ1v) is 28.3. The Morgan fingerprint density at radius 2 is 1.14 bits per heavy atom. The van der Waals surface area contributed by atoms with Crippen LogP contribution in [0.3, 0.4) is 0 Å². The zero-order valence-corrected chi connectivity index (χ0v) is 44.9. The largest absolute Gasteiger partial charge is 0.495 e. The molecule has 2 fully saturated rings. The van der Waals surface area contributed by atoms with Crippen LogP contribution in [-0.2, 0) is 24.8 Å². The van der Waals surface area contributed by atoms with E-state index in [1.807, 2.05) is 19.9 Å². The highest BCUT2D eigenvalue weighted by atomic mass is 32.2. The van der Waals surface area contributed by atoms with E-state index in [9.17, 15) is 25.6 Å². The van der Waals surface area contributed by atoms with Crippen molar-refractivity contribution < 1.29 is 39.8 Å². The fraction of sp³-hybridized carbons (Fsp3) is 0.423. The van der Waals surface area contributed by atoms with E-state index in [1.54, 1.807) is 56.3 Å². The van der Waals surface area contributed by atoms with Gasteiger partial charge in [-0.1, -0.05) is 66.2 Å². The number of anilines is 4. The second-order valence-corrected chi connectivity index (χ2v) is 24.0. The number of ether oxygens (including phenoxy) is 3. The normalized spacial score (nSPS) is 15.3. The Labute approximate surface area is 425 Å². The third-order valence-electron chi connectivity index (χ3n) is 13.3. The van der Waals surface area contributed by atoms with Gasteiger partial charge in [-0.2, -0.15) is 0 Å². The molecule has 4 N–H and O–H groups in total. The monoisotopic (exact) mass is 1050 g/mol. The van der Waals surface area contributed by atoms with E-state index >= 15 is 0 Å². The summed E-state index contributed by atoms with van der Waals surface area (Å²) >= 11 is 2.98. The predicted octanol–water partition coefficient (Wildman–Crippen LogP) is 12.7. The van der Waals surface area contributed by atoms with Gasteiger partial charge >= 0.3 is 0 Å². The number of thiazole rings is 2. The minimum absolute atomic E-state index is 0.0602. The fourth-order valence-electron chi connectivity index (χ4n) is 9.13. The Balaban J connectivity index is 0.000000209. The molecular formula is C52H64F2N6O7S4. The molecule has 0 radical (unpaired) electrons. The van der Waals surface area contributed by atoms with E-state index in [2.05, 4.69) is 45.8 Å². The molecule has 3 heterocycles. The van der Waals surface area contributed by atoms with Crippen LogP contribution in [0.25, 0.3) is 20.9 Å². The lowest BCUT2D eigenvalue weighted by Gasteiger charge is -2.37. The van der Waals surface area contributed by atoms with Crippen molar-refractivity contribution in [1.82, 2.24) is 9.97 Å². The number of aryl methyl sites for hydroxylation is 4. The van der Waals surface area contributed by atoms with Gasteiger partial charge in [0.05, 0.1) is 46.7 Å². The lowest BCUT2D eigenvalue weighted by molar-refractivity contribution is 0.0622. The van der Waals surface area contributed by atoms with Gasteiger partial charge < -0.3 is 24.8 Å². The molecule has 1 atom stereocenters. The van der Waals surface area contributed by atoms with Crippen LogP contribution in [0, 0.1) is 51.2 Å². The molecule has 382 valence electrons. The highest BCUT2D eigenvalue weighted by Gasteiger charge is 2.32. The third-order valence-corrected chi connectivity index (χ3v) is 18.3. The zero-order valence-electron chi connectivity index (χ0n) is 41.7.